The largest absolute Gasteiger partial charge is 0.417 e. The molecule has 0 aliphatic carbocycles. The van der Waals surface area contributed by atoms with Crippen LogP contribution >= 0.6 is 27.5 Å². The van der Waals surface area contributed by atoms with Gasteiger partial charge in [-0.15, -0.1) is 21.8 Å². The third-order valence-corrected chi connectivity index (χ3v) is 3.34. The van der Waals surface area contributed by atoms with Crippen molar-refractivity contribution in [2.45, 2.75) is 12.1 Å². The summed E-state index contributed by atoms with van der Waals surface area (Å²) in [7, 11) is 1.58. The molecule has 0 aliphatic heterocycles. The minimum atomic E-state index is -4.47. The average Bonchev–Trinajstić information content (AvgIpc) is 2.69. The molecule has 0 unspecified atom stereocenters. The van der Waals surface area contributed by atoms with Crippen LogP contribution in [0.1, 0.15) is 11.4 Å². The van der Waals surface area contributed by atoms with Gasteiger partial charge in [0.05, 0.1) is 11.4 Å². The average molecular weight is 355 g/mol. The number of rotatable bonds is 2. The summed E-state index contributed by atoms with van der Waals surface area (Å²) < 4.78 is 40.9. The van der Waals surface area contributed by atoms with Crippen molar-refractivity contribution in [3.8, 4) is 11.4 Å². The van der Waals surface area contributed by atoms with Crippen molar-refractivity contribution in [2.75, 3.05) is 0 Å². The van der Waals surface area contributed by atoms with Crippen LogP contribution < -0.4 is 0 Å². The molecule has 0 aliphatic rings. The molecule has 0 fully saturated rings. The lowest BCUT2D eigenvalue weighted by molar-refractivity contribution is -0.137. The summed E-state index contributed by atoms with van der Waals surface area (Å²) in [4.78, 5) is 0. The van der Waals surface area contributed by atoms with Gasteiger partial charge >= 0.3 is 6.18 Å². The highest BCUT2D eigenvalue weighted by Crippen LogP contribution is 2.38. The maximum atomic E-state index is 13.0. The summed E-state index contributed by atoms with van der Waals surface area (Å²) in [6.45, 7) is 0. The zero-order valence-corrected chi connectivity index (χ0v) is 12.0. The zero-order chi connectivity index (χ0) is 14.2. The number of hydrogen-bond acceptors (Lipinski definition) is 2. The van der Waals surface area contributed by atoms with E-state index in [-0.39, 0.29) is 17.3 Å². The summed E-state index contributed by atoms with van der Waals surface area (Å²) in [5.74, 6) is 0.629. The van der Waals surface area contributed by atoms with Gasteiger partial charge in [0.2, 0.25) is 0 Å². The molecule has 0 saturated carbocycles. The first kappa shape index (κ1) is 14.3. The second-order valence-corrected chi connectivity index (χ2v) is 5.00. The Hall–Kier alpha value is -1.08. The molecule has 102 valence electrons. The van der Waals surface area contributed by atoms with Gasteiger partial charge in [-0.2, -0.15) is 13.2 Å². The van der Waals surface area contributed by atoms with Gasteiger partial charge in [-0.05, 0) is 18.2 Å². The third-order valence-electron chi connectivity index (χ3n) is 2.61. The molecule has 3 nitrogen and oxygen atoms in total. The van der Waals surface area contributed by atoms with E-state index in [4.69, 9.17) is 11.6 Å². The first-order valence-corrected chi connectivity index (χ1v) is 6.48. The van der Waals surface area contributed by atoms with E-state index in [1.54, 1.807) is 7.05 Å². The predicted molar refractivity (Wildman–Crippen MR) is 68.7 cm³/mol. The molecule has 1 aromatic heterocycles. The monoisotopic (exact) mass is 353 g/mol. The normalized spacial score (nSPS) is 11.9. The van der Waals surface area contributed by atoms with Gasteiger partial charge in [0, 0.05) is 17.1 Å². The molecular weight excluding hydrogens is 346 g/mol. The molecule has 0 atom stereocenters. The summed E-state index contributed by atoms with van der Waals surface area (Å²) in [5, 5.41) is 7.53. The van der Waals surface area contributed by atoms with Crippen LogP contribution in [0.4, 0.5) is 13.2 Å². The molecule has 0 spiro atoms. The Labute approximate surface area is 120 Å². The molecule has 1 heterocycles. The van der Waals surface area contributed by atoms with E-state index >= 15 is 0 Å². The highest BCUT2D eigenvalue weighted by molar-refractivity contribution is 9.10. The lowest BCUT2D eigenvalue weighted by atomic mass is 10.1. The van der Waals surface area contributed by atoms with Gasteiger partial charge in [0.1, 0.15) is 5.82 Å². The summed E-state index contributed by atoms with van der Waals surface area (Å²) in [6, 6.07) is 3.90. The van der Waals surface area contributed by atoms with Crippen LogP contribution in [0.2, 0.25) is 0 Å². The van der Waals surface area contributed by atoms with E-state index in [9.17, 15) is 13.2 Å². The number of alkyl halides is 4. The fourth-order valence-electron chi connectivity index (χ4n) is 1.66. The number of aromatic nitrogens is 3. The van der Waals surface area contributed by atoms with Crippen LogP contribution in [-0.2, 0) is 19.1 Å². The number of halogens is 5. The third kappa shape index (κ3) is 2.76. The summed E-state index contributed by atoms with van der Waals surface area (Å²) >= 11 is 8.67. The summed E-state index contributed by atoms with van der Waals surface area (Å²) in [6.07, 6.45) is -4.47. The standard InChI is InChI=1S/C11H8BrClF3N3/c1-19-9(5-13)17-18-10(19)7-3-2-6(12)4-8(7)11(14,15)16/h2-4H,5H2,1H3. The Morgan fingerprint density at radius 3 is 2.53 bits per heavy atom. The van der Waals surface area contributed by atoms with E-state index in [2.05, 4.69) is 26.1 Å². The minimum Gasteiger partial charge on any atom is -0.313 e. The van der Waals surface area contributed by atoms with Gasteiger partial charge < -0.3 is 4.57 Å². The van der Waals surface area contributed by atoms with Gasteiger partial charge in [-0.3, -0.25) is 0 Å². The lowest BCUT2D eigenvalue weighted by Crippen LogP contribution is -2.09. The Bertz CT molecular complexity index is 610. The Balaban J connectivity index is 2.65. The molecule has 0 bridgehead atoms. The first-order chi connectivity index (χ1) is 8.84. The topological polar surface area (TPSA) is 30.7 Å². The molecule has 8 heteroatoms. The Morgan fingerprint density at radius 1 is 1.32 bits per heavy atom. The molecule has 2 aromatic rings. The molecule has 0 radical (unpaired) electrons. The first-order valence-electron chi connectivity index (χ1n) is 5.16. The minimum absolute atomic E-state index is 0.0259. The summed E-state index contributed by atoms with van der Waals surface area (Å²) in [5.41, 5.74) is -0.791. The zero-order valence-electron chi connectivity index (χ0n) is 9.67. The maximum absolute atomic E-state index is 13.0. The molecule has 1 aromatic carbocycles. The number of nitrogens with zero attached hydrogens (tertiary/aromatic N) is 3. The van der Waals surface area contributed by atoms with Crippen LogP contribution in [0, 0.1) is 0 Å². The molecule has 0 N–H and O–H groups in total. The second-order valence-electron chi connectivity index (χ2n) is 3.82. The van der Waals surface area contributed by atoms with Gasteiger partial charge in [-0.25, -0.2) is 0 Å². The highest BCUT2D eigenvalue weighted by atomic mass is 79.9. The maximum Gasteiger partial charge on any atom is 0.417 e. The SMILES string of the molecule is Cn1c(CCl)nnc1-c1ccc(Br)cc1C(F)(F)F. The number of benzene rings is 1. The molecule has 0 saturated heterocycles. The van der Waals surface area contributed by atoms with Crippen LogP contribution in [0.3, 0.4) is 0 Å². The van der Waals surface area contributed by atoms with Gasteiger partial charge in [0.25, 0.3) is 0 Å². The van der Waals surface area contributed by atoms with Crippen molar-refractivity contribution in [1.82, 2.24) is 14.8 Å². The van der Waals surface area contributed by atoms with Gasteiger partial charge in [-0.1, -0.05) is 15.9 Å². The van der Waals surface area contributed by atoms with Crippen molar-refractivity contribution in [2.24, 2.45) is 7.05 Å². The van der Waals surface area contributed by atoms with Gasteiger partial charge in [0.15, 0.2) is 5.82 Å². The Kier molecular flexibility index (Phi) is 3.87. The lowest BCUT2D eigenvalue weighted by Gasteiger charge is -2.12. The highest BCUT2D eigenvalue weighted by Gasteiger charge is 2.35. The smallest absolute Gasteiger partial charge is 0.313 e. The molecule has 0 amide bonds. The second kappa shape index (κ2) is 5.13. The molecule has 19 heavy (non-hydrogen) atoms. The van der Waals surface area contributed by atoms with E-state index in [1.807, 2.05) is 0 Å². The van der Waals surface area contributed by atoms with Crippen molar-refractivity contribution >= 4 is 27.5 Å². The predicted octanol–water partition coefficient (Wildman–Crippen LogP) is 4.00. The van der Waals surface area contributed by atoms with Crippen LogP contribution in [0.5, 0.6) is 0 Å². The van der Waals surface area contributed by atoms with Crippen molar-refractivity contribution in [1.29, 1.82) is 0 Å². The van der Waals surface area contributed by atoms with Crippen LogP contribution in [0.25, 0.3) is 11.4 Å². The quantitative estimate of drug-likeness (QED) is 0.763. The van der Waals surface area contributed by atoms with Crippen molar-refractivity contribution in [3.63, 3.8) is 0 Å². The fourth-order valence-corrected chi connectivity index (χ4v) is 2.25. The van der Waals surface area contributed by atoms with E-state index in [0.717, 1.165) is 6.07 Å². The van der Waals surface area contributed by atoms with E-state index < -0.39 is 11.7 Å². The molecule has 2 rings (SSSR count). The van der Waals surface area contributed by atoms with Crippen LogP contribution in [-0.4, -0.2) is 14.8 Å². The fraction of sp³-hybridized carbons (Fsp3) is 0.273. The van der Waals surface area contributed by atoms with E-state index in [0.29, 0.717) is 10.3 Å². The number of hydrogen-bond donors (Lipinski definition) is 0. The van der Waals surface area contributed by atoms with E-state index in [1.165, 1.54) is 16.7 Å². The molecular formula is C11H8BrClF3N3. The van der Waals surface area contributed by atoms with Crippen molar-refractivity contribution in [3.05, 3.63) is 34.1 Å². The Morgan fingerprint density at radius 2 is 2.00 bits per heavy atom. The van der Waals surface area contributed by atoms with Crippen LogP contribution in [0.15, 0.2) is 22.7 Å². The van der Waals surface area contributed by atoms with Crippen molar-refractivity contribution < 1.29 is 13.2 Å².